The van der Waals surface area contributed by atoms with E-state index in [2.05, 4.69) is 15.2 Å². The maximum Gasteiger partial charge on any atom is 0.326 e. The molecule has 27 heavy (non-hydrogen) atoms. The Kier molecular flexibility index (Phi) is 6.43. The molecule has 144 valence electrons. The van der Waals surface area contributed by atoms with Gasteiger partial charge in [-0.05, 0) is 38.1 Å². The maximum absolute atomic E-state index is 12.3. The second-order valence-electron chi connectivity index (χ2n) is 6.56. The molecule has 0 bridgehead atoms. The van der Waals surface area contributed by atoms with E-state index in [0.29, 0.717) is 18.0 Å². The minimum Gasteiger partial charge on any atom is -0.490 e. The van der Waals surface area contributed by atoms with E-state index in [4.69, 9.17) is 4.74 Å². The van der Waals surface area contributed by atoms with Crippen molar-refractivity contribution in [2.45, 2.75) is 25.7 Å². The summed E-state index contributed by atoms with van der Waals surface area (Å²) in [6.45, 7) is 3.55. The van der Waals surface area contributed by atoms with Crippen molar-refractivity contribution in [3.05, 3.63) is 56.9 Å². The van der Waals surface area contributed by atoms with E-state index in [1.807, 2.05) is 11.1 Å². The number of likely N-dealkylation sites (tertiary alicyclic amines) is 1. The number of anilines is 1. The molecule has 0 spiro atoms. The van der Waals surface area contributed by atoms with Gasteiger partial charge in [-0.3, -0.25) is 19.5 Å². The van der Waals surface area contributed by atoms with Crippen LogP contribution in [0.25, 0.3) is 0 Å². The summed E-state index contributed by atoms with van der Waals surface area (Å²) >= 11 is 0. The van der Waals surface area contributed by atoms with Gasteiger partial charge in [-0.1, -0.05) is 25.0 Å². The molecule has 1 aromatic carbocycles. The van der Waals surface area contributed by atoms with Crippen LogP contribution in [-0.2, 0) is 0 Å². The zero-order chi connectivity index (χ0) is 19.1. The smallest absolute Gasteiger partial charge is 0.326 e. The highest BCUT2D eigenvalue weighted by Crippen LogP contribution is 2.24. The van der Waals surface area contributed by atoms with Crippen LogP contribution in [0, 0.1) is 0 Å². The van der Waals surface area contributed by atoms with E-state index < -0.39 is 17.2 Å². The summed E-state index contributed by atoms with van der Waals surface area (Å²) in [6.07, 6.45) is 5.02. The van der Waals surface area contributed by atoms with Crippen LogP contribution in [0.1, 0.15) is 36.2 Å². The number of aromatic amines is 2. The number of para-hydroxylation sites is 2. The first-order valence-corrected chi connectivity index (χ1v) is 9.21. The molecule has 1 aromatic heterocycles. The molecule has 8 heteroatoms. The Bertz CT molecular complexity index is 853. The lowest BCUT2D eigenvalue weighted by Gasteiger charge is -2.20. The maximum atomic E-state index is 12.3. The molecule has 3 rings (SSSR count). The Morgan fingerprint density at radius 3 is 2.56 bits per heavy atom. The van der Waals surface area contributed by atoms with Gasteiger partial charge in [-0.2, -0.15) is 0 Å². The minimum absolute atomic E-state index is 0.108. The van der Waals surface area contributed by atoms with Gasteiger partial charge >= 0.3 is 5.69 Å². The largest absolute Gasteiger partial charge is 0.490 e. The summed E-state index contributed by atoms with van der Waals surface area (Å²) < 4.78 is 5.87. The van der Waals surface area contributed by atoms with E-state index in [-0.39, 0.29) is 5.69 Å². The van der Waals surface area contributed by atoms with E-state index in [1.165, 1.54) is 25.7 Å². The molecule has 3 N–H and O–H groups in total. The monoisotopic (exact) mass is 372 g/mol. The number of benzene rings is 1. The first kappa shape index (κ1) is 18.9. The average molecular weight is 372 g/mol. The van der Waals surface area contributed by atoms with Gasteiger partial charge < -0.3 is 15.0 Å². The second kappa shape index (κ2) is 9.18. The molecule has 1 saturated heterocycles. The lowest BCUT2D eigenvalue weighted by Crippen LogP contribution is -2.29. The fourth-order valence-corrected chi connectivity index (χ4v) is 3.12. The predicted octanol–water partition coefficient (Wildman–Crippen LogP) is 1.57. The van der Waals surface area contributed by atoms with Gasteiger partial charge in [0.1, 0.15) is 18.1 Å². The number of hydrogen-bond donors (Lipinski definition) is 3. The molecule has 1 aliphatic rings. The van der Waals surface area contributed by atoms with Crippen LogP contribution in [0.3, 0.4) is 0 Å². The quantitative estimate of drug-likeness (QED) is 0.713. The van der Waals surface area contributed by atoms with Crippen LogP contribution in [0.4, 0.5) is 5.69 Å². The normalized spacial score (nSPS) is 15.1. The zero-order valence-corrected chi connectivity index (χ0v) is 15.1. The van der Waals surface area contributed by atoms with Gasteiger partial charge in [-0.15, -0.1) is 0 Å². The standard InChI is InChI=1S/C19H24N4O4/c24-17-13-15(21-19(26)22-17)18(25)20-14-7-3-4-8-16(14)27-12-11-23-9-5-1-2-6-10-23/h3-4,7-8,13H,1-2,5-6,9-12H2,(H,20,25)(H2,21,22,24,26). The number of carbonyl (C=O) groups excluding carboxylic acids is 1. The highest BCUT2D eigenvalue weighted by molar-refractivity contribution is 6.03. The Labute approximate surface area is 156 Å². The summed E-state index contributed by atoms with van der Waals surface area (Å²) in [7, 11) is 0. The van der Waals surface area contributed by atoms with Crippen molar-refractivity contribution >= 4 is 11.6 Å². The van der Waals surface area contributed by atoms with E-state index in [9.17, 15) is 14.4 Å². The van der Waals surface area contributed by atoms with Crippen LogP contribution < -0.4 is 21.3 Å². The number of nitrogens with one attached hydrogen (secondary N) is 3. The van der Waals surface area contributed by atoms with Crippen LogP contribution in [-0.4, -0.2) is 47.0 Å². The van der Waals surface area contributed by atoms with Crippen molar-refractivity contribution in [1.29, 1.82) is 0 Å². The Morgan fingerprint density at radius 2 is 1.81 bits per heavy atom. The van der Waals surface area contributed by atoms with Gasteiger partial charge in [0, 0.05) is 12.6 Å². The summed E-state index contributed by atoms with van der Waals surface area (Å²) in [5.41, 5.74) is -0.983. The number of hydrogen-bond acceptors (Lipinski definition) is 5. The van der Waals surface area contributed by atoms with Crippen molar-refractivity contribution < 1.29 is 9.53 Å². The third-order valence-corrected chi connectivity index (χ3v) is 4.50. The molecule has 1 amide bonds. The Hall–Kier alpha value is -2.87. The van der Waals surface area contributed by atoms with Crippen LogP contribution in [0.2, 0.25) is 0 Å². The van der Waals surface area contributed by atoms with Crippen LogP contribution in [0.5, 0.6) is 5.75 Å². The Morgan fingerprint density at radius 1 is 1.07 bits per heavy atom. The molecule has 0 saturated carbocycles. The number of aromatic nitrogens is 2. The highest BCUT2D eigenvalue weighted by Gasteiger charge is 2.13. The first-order valence-electron chi connectivity index (χ1n) is 9.21. The molecule has 0 aliphatic carbocycles. The fourth-order valence-electron chi connectivity index (χ4n) is 3.12. The van der Waals surface area contributed by atoms with Crippen molar-refractivity contribution in [2.24, 2.45) is 0 Å². The molecular formula is C19H24N4O4. The number of rotatable bonds is 6. The van der Waals surface area contributed by atoms with Gasteiger partial charge in [-0.25, -0.2) is 4.79 Å². The number of nitrogens with zero attached hydrogens (tertiary/aromatic N) is 1. The zero-order valence-electron chi connectivity index (χ0n) is 15.1. The van der Waals surface area contributed by atoms with E-state index in [1.54, 1.807) is 18.2 Å². The number of H-pyrrole nitrogens is 2. The summed E-state index contributed by atoms with van der Waals surface area (Å²) in [5, 5.41) is 2.68. The number of amides is 1. The first-order chi connectivity index (χ1) is 13.1. The predicted molar refractivity (Wildman–Crippen MR) is 102 cm³/mol. The molecule has 8 nitrogen and oxygen atoms in total. The highest BCUT2D eigenvalue weighted by atomic mass is 16.5. The molecule has 2 heterocycles. The summed E-state index contributed by atoms with van der Waals surface area (Å²) in [6, 6.07) is 8.13. The molecular weight excluding hydrogens is 348 g/mol. The molecule has 1 aliphatic heterocycles. The lowest BCUT2D eigenvalue weighted by atomic mass is 10.2. The molecule has 0 atom stereocenters. The molecule has 2 aromatic rings. The minimum atomic E-state index is -0.727. The molecule has 0 radical (unpaired) electrons. The van der Waals surface area contributed by atoms with Crippen LogP contribution in [0.15, 0.2) is 39.9 Å². The van der Waals surface area contributed by atoms with E-state index in [0.717, 1.165) is 25.7 Å². The van der Waals surface area contributed by atoms with Gasteiger partial charge in [0.15, 0.2) is 0 Å². The topological polar surface area (TPSA) is 107 Å². The lowest BCUT2D eigenvalue weighted by molar-refractivity contribution is 0.102. The molecule has 1 fully saturated rings. The summed E-state index contributed by atoms with van der Waals surface area (Å²) in [4.78, 5) is 41.8. The third-order valence-electron chi connectivity index (χ3n) is 4.50. The van der Waals surface area contributed by atoms with Gasteiger partial charge in [0.25, 0.3) is 11.5 Å². The Balaban J connectivity index is 1.62. The van der Waals surface area contributed by atoms with Crippen molar-refractivity contribution in [1.82, 2.24) is 14.9 Å². The molecule has 0 unspecified atom stereocenters. The van der Waals surface area contributed by atoms with Gasteiger partial charge in [0.2, 0.25) is 0 Å². The second-order valence-corrected chi connectivity index (χ2v) is 6.56. The fraction of sp³-hybridized carbons (Fsp3) is 0.421. The SMILES string of the molecule is O=C(Nc1ccccc1OCCN1CCCCCC1)c1cc(=O)[nH]c(=O)[nH]1. The summed E-state index contributed by atoms with van der Waals surface area (Å²) in [5.74, 6) is -0.0328. The number of carbonyl (C=O) groups is 1. The van der Waals surface area contributed by atoms with Crippen molar-refractivity contribution in [3.63, 3.8) is 0 Å². The van der Waals surface area contributed by atoms with Crippen molar-refractivity contribution in [3.8, 4) is 5.75 Å². The van der Waals surface area contributed by atoms with Crippen LogP contribution >= 0.6 is 0 Å². The van der Waals surface area contributed by atoms with Gasteiger partial charge in [0.05, 0.1) is 5.69 Å². The van der Waals surface area contributed by atoms with Crippen molar-refractivity contribution in [2.75, 3.05) is 31.6 Å². The van der Waals surface area contributed by atoms with E-state index >= 15 is 0 Å². The number of ether oxygens (including phenoxy) is 1. The average Bonchev–Trinajstić information content (AvgIpc) is 2.91. The third kappa shape index (κ3) is 5.55.